The summed E-state index contributed by atoms with van der Waals surface area (Å²) in [6.45, 7) is 0. The minimum atomic E-state index is -0.441. The second-order valence-electron chi connectivity index (χ2n) is 4.00. The highest BCUT2D eigenvalue weighted by Gasteiger charge is 2.11. The van der Waals surface area contributed by atoms with Crippen LogP contribution in [-0.2, 0) is 0 Å². The van der Waals surface area contributed by atoms with Gasteiger partial charge in [0.05, 0.1) is 17.1 Å². The second kappa shape index (κ2) is 6.85. The molecule has 2 amide bonds. The second-order valence-corrected chi connectivity index (χ2v) is 4.85. The van der Waals surface area contributed by atoms with E-state index in [1.807, 2.05) is 0 Å². The van der Waals surface area contributed by atoms with Crippen LogP contribution < -0.4 is 15.6 Å². The van der Waals surface area contributed by atoms with E-state index in [-0.39, 0.29) is 0 Å². The molecule has 1 heterocycles. The van der Waals surface area contributed by atoms with Crippen LogP contribution in [0.4, 0.5) is 0 Å². The minimum Gasteiger partial charge on any atom is -0.496 e. The average Bonchev–Trinajstić information content (AvgIpc) is 2.53. The fourth-order valence-electron chi connectivity index (χ4n) is 1.56. The number of pyridine rings is 1. The summed E-state index contributed by atoms with van der Waals surface area (Å²) in [6, 6.07) is 8.08. The molecule has 2 aromatic rings. The van der Waals surface area contributed by atoms with Crippen molar-refractivity contribution in [3.8, 4) is 5.75 Å². The Morgan fingerprint density at radius 1 is 1.14 bits per heavy atom. The lowest BCUT2D eigenvalue weighted by Crippen LogP contribution is -2.41. The summed E-state index contributed by atoms with van der Waals surface area (Å²) >= 11 is 3.29. The topological polar surface area (TPSA) is 80.3 Å². The van der Waals surface area contributed by atoms with E-state index >= 15 is 0 Å². The molecule has 0 aliphatic rings. The number of ether oxygens (including phenoxy) is 1. The first-order valence-electron chi connectivity index (χ1n) is 5.96. The third kappa shape index (κ3) is 3.79. The fraction of sp³-hybridized carbons (Fsp3) is 0.0714. The Hall–Kier alpha value is -2.41. The Morgan fingerprint density at radius 3 is 2.43 bits per heavy atom. The molecule has 0 aliphatic heterocycles. The summed E-state index contributed by atoms with van der Waals surface area (Å²) in [5.41, 5.74) is 5.39. The van der Waals surface area contributed by atoms with E-state index < -0.39 is 11.8 Å². The molecular weight excluding hydrogens is 338 g/mol. The number of nitrogens with zero attached hydrogens (tertiary/aromatic N) is 1. The maximum atomic E-state index is 11.9. The van der Waals surface area contributed by atoms with E-state index in [9.17, 15) is 9.59 Å². The van der Waals surface area contributed by atoms with Crippen LogP contribution in [0.15, 0.2) is 47.2 Å². The summed E-state index contributed by atoms with van der Waals surface area (Å²) in [7, 11) is 1.54. The van der Waals surface area contributed by atoms with Gasteiger partial charge in [0, 0.05) is 18.0 Å². The minimum absolute atomic E-state index is 0.355. The van der Waals surface area contributed by atoms with E-state index in [0.29, 0.717) is 21.3 Å². The maximum Gasteiger partial charge on any atom is 0.271 e. The smallest absolute Gasteiger partial charge is 0.271 e. The molecule has 0 saturated carbocycles. The number of carbonyl (C=O) groups excluding carboxylic acids is 2. The summed E-state index contributed by atoms with van der Waals surface area (Å²) in [5.74, 6) is -0.259. The third-order valence-corrected chi connectivity index (χ3v) is 3.25. The van der Waals surface area contributed by atoms with E-state index in [1.165, 1.54) is 13.3 Å². The Labute approximate surface area is 129 Å². The molecule has 0 radical (unpaired) electrons. The number of amides is 2. The van der Waals surface area contributed by atoms with Crippen LogP contribution in [0.2, 0.25) is 0 Å². The number of aromatic nitrogens is 1. The molecule has 0 fully saturated rings. The van der Waals surface area contributed by atoms with Crippen molar-refractivity contribution < 1.29 is 14.3 Å². The highest BCUT2D eigenvalue weighted by Crippen LogP contribution is 2.25. The van der Waals surface area contributed by atoms with Crippen LogP contribution in [0.1, 0.15) is 20.7 Å². The van der Waals surface area contributed by atoms with Gasteiger partial charge in [0.1, 0.15) is 5.75 Å². The Kier molecular flexibility index (Phi) is 4.89. The van der Waals surface area contributed by atoms with Gasteiger partial charge in [0.25, 0.3) is 11.8 Å². The standard InChI is InChI=1S/C14H12BrN3O3/c1-21-12-5-4-9(7-11(12)15)13(19)17-18-14(20)10-3-2-6-16-8-10/h2-8H,1H3,(H,17,19)(H,18,20). The van der Waals surface area contributed by atoms with Crippen LogP contribution in [0, 0.1) is 0 Å². The van der Waals surface area contributed by atoms with E-state index in [1.54, 1.807) is 36.5 Å². The zero-order valence-corrected chi connectivity index (χ0v) is 12.7. The predicted octanol–water partition coefficient (Wildman–Crippen LogP) is 1.93. The van der Waals surface area contributed by atoms with Gasteiger partial charge in [0.2, 0.25) is 0 Å². The van der Waals surface area contributed by atoms with Gasteiger partial charge in [-0.25, -0.2) is 0 Å². The van der Waals surface area contributed by atoms with Crippen LogP contribution in [0.5, 0.6) is 5.75 Å². The SMILES string of the molecule is COc1ccc(C(=O)NNC(=O)c2cccnc2)cc1Br. The van der Waals surface area contributed by atoms with E-state index in [4.69, 9.17) is 4.74 Å². The van der Waals surface area contributed by atoms with Gasteiger partial charge in [-0.15, -0.1) is 0 Å². The van der Waals surface area contributed by atoms with Crippen molar-refractivity contribution in [2.24, 2.45) is 0 Å². The molecule has 21 heavy (non-hydrogen) atoms. The fourth-order valence-corrected chi connectivity index (χ4v) is 2.10. The Balaban J connectivity index is 1.99. The molecule has 7 heteroatoms. The number of halogens is 1. The van der Waals surface area contributed by atoms with Crippen molar-refractivity contribution in [3.05, 3.63) is 58.3 Å². The molecule has 1 aromatic heterocycles. The zero-order valence-electron chi connectivity index (χ0n) is 11.1. The van der Waals surface area contributed by atoms with Gasteiger partial charge in [-0.05, 0) is 46.3 Å². The van der Waals surface area contributed by atoms with Crippen LogP contribution >= 0.6 is 15.9 Å². The molecule has 108 valence electrons. The zero-order chi connectivity index (χ0) is 15.2. The molecule has 2 N–H and O–H groups in total. The van der Waals surface area contributed by atoms with Gasteiger partial charge in [0.15, 0.2) is 0 Å². The van der Waals surface area contributed by atoms with Crippen LogP contribution in [0.25, 0.3) is 0 Å². The number of hydrogen-bond donors (Lipinski definition) is 2. The summed E-state index contributed by atoms with van der Waals surface area (Å²) < 4.78 is 5.73. The number of carbonyl (C=O) groups is 2. The highest BCUT2D eigenvalue weighted by molar-refractivity contribution is 9.10. The molecule has 0 unspecified atom stereocenters. The summed E-state index contributed by atoms with van der Waals surface area (Å²) in [4.78, 5) is 27.5. The maximum absolute atomic E-state index is 11.9. The van der Waals surface area contributed by atoms with Crippen molar-refractivity contribution in [1.29, 1.82) is 0 Å². The number of rotatable bonds is 3. The normalized spacial score (nSPS) is 9.81. The van der Waals surface area contributed by atoms with Crippen molar-refractivity contribution in [2.75, 3.05) is 7.11 Å². The van der Waals surface area contributed by atoms with Crippen molar-refractivity contribution in [3.63, 3.8) is 0 Å². The molecule has 0 saturated heterocycles. The van der Waals surface area contributed by atoms with Crippen LogP contribution in [-0.4, -0.2) is 23.9 Å². The van der Waals surface area contributed by atoms with E-state index in [0.717, 1.165) is 0 Å². The Bertz CT molecular complexity index is 662. The molecule has 0 bridgehead atoms. The number of nitrogens with one attached hydrogen (secondary N) is 2. The molecule has 2 rings (SSSR count). The van der Waals surface area contributed by atoms with Gasteiger partial charge in [-0.2, -0.15) is 0 Å². The highest BCUT2D eigenvalue weighted by atomic mass is 79.9. The lowest BCUT2D eigenvalue weighted by Gasteiger charge is -2.08. The summed E-state index contributed by atoms with van der Waals surface area (Å²) in [6.07, 6.45) is 2.97. The molecule has 1 aromatic carbocycles. The largest absolute Gasteiger partial charge is 0.496 e. The van der Waals surface area contributed by atoms with Gasteiger partial charge in [-0.1, -0.05) is 0 Å². The van der Waals surface area contributed by atoms with Gasteiger partial charge >= 0.3 is 0 Å². The molecule has 0 aliphatic carbocycles. The average molecular weight is 350 g/mol. The first-order chi connectivity index (χ1) is 10.1. The quantitative estimate of drug-likeness (QED) is 0.829. The summed E-state index contributed by atoms with van der Waals surface area (Å²) in [5, 5.41) is 0. The predicted molar refractivity (Wildman–Crippen MR) is 79.9 cm³/mol. The monoisotopic (exact) mass is 349 g/mol. The lowest BCUT2D eigenvalue weighted by atomic mass is 10.2. The van der Waals surface area contributed by atoms with E-state index in [2.05, 4.69) is 31.8 Å². The Morgan fingerprint density at radius 2 is 1.86 bits per heavy atom. The van der Waals surface area contributed by atoms with Crippen molar-refractivity contribution in [2.45, 2.75) is 0 Å². The molecule has 0 spiro atoms. The van der Waals surface area contributed by atoms with Crippen molar-refractivity contribution >= 4 is 27.7 Å². The molecule has 6 nitrogen and oxygen atoms in total. The third-order valence-electron chi connectivity index (χ3n) is 2.63. The molecular formula is C14H12BrN3O3. The first-order valence-corrected chi connectivity index (χ1v) is 6.75. The first kappa shape index (κ1) is 15.0. The number of methoxy groups -OCH3 is 1. The number of hydrazine groups is 1. The van der Waals surface area contributed by atoms with Gasteiger partial charge < -0.3 is 4.74 Å². The molecule has 0 atom stereocenters. The van der Waals surface area contributed by atoms with Crippen molar-refractivity contribution in [1.82, 2.24) is 15.8 Å². The number of benzene rings is 1. The van der Waals surface area contributed by atoms with Crippen LogP contribution in [0.3, 0.4) is 0 Å². The number of hydrogen-bond acceptors (Lipinski definition) is 4. The lowest BCUT2D eigenvalue weighted by molar-refractivity contribution is 0.0846. The van der Waals surface area contributed by atoms with Gasteiger partial charge in [-0.3, -0.25) is 25.4 Å².